The minimum Gasteiger partial charge on any atom is -0.336 e. The number of rotatable bonds is 1. The van der Waals surface area contributed by atoms with Gasteiger partial charge in [0, 0.05) is 19.2 Å². The van der Waals surface area contributed by atoms with Crippen molar-refractivity contribution in [1.29, 1.82) is 0 Å². The third-order valence-electron chi connectivity index (χ3n) is 2.06. The first kappa shape index (κ1) is 8.93. The van der Waals surface area contributed by atoms with Gasteiger partial charge in [0.15, 0.2) is 0 Å². The lowest BCUT2D eigenvalue weighted by molar-refractivity contribution is 0.252. The van der Waals surface area contributed by atoms with Gasteiger partial charge in [-0.3, -0.25) is 4.90 Å². The van der Waals surface area contributed by atoms with Crippen molar-refractivity contribution in [2.75, 3.05) is 18.0 Å². The summed E-state index contributed by atoms with van der Waals surface area (Å²) in [4.78, 5) is 12.4. The summed E-state index contributed by atoms with van der Waals surface area (Å²) >= 11 is 0. The zero-order valence-electron chi connectivity index (χ0n) is 7.26. The second-order valence-electron chi connectivity index (χ2n) is 2.98. The highest BCUT2D eigenvalue weighted by Gasteiger charge is 2.23. The number of nitrogens with one attached hydrogen (secondary N) is 1. The van der Waals surface area contributed by atoms with Gasteiger partial charge in [0.25, 0.3) is 0 Å². The van der Waals surface area contributed by atoms with E-state index in [0.717, 1.165) is 12.1 Å². The molecule has 1 aliphatic heterocycles. The molecule has 5 heteroatoms. The van der Waals surface area contributed by atoms with Gasteiger partial charge in [-0.05, 0) is 12.1 Å². The van der Waals surface area contributed by atoms with E-state index in [0.29, 0.717) is 13.1 Å². The van der Waals surface area contributed by atoms with E-state index in [1.165, 1.54) is 11.0 Å². The number of halogens is 2. The van der Waals surface area contributed by atoms with E-state index in [-0.39, 0.29) is 11.7 Å². The minimum atomic E-state index is -0.720. The van der Waals surface area contributed by atoms with Crippen LogP contribution >= 0.6 is 0 Å². The van der Waals surface area contributed by atoms with Gasteiger partial charge < -0.3 is 5.32 Å². The molecule has 0 spiro atoms. The van der Waals surface area contributed by atoms with Crippen molar-refractivity contribution in [3.63, 3.8) is 0 Å². The molecule has 3 nitrogen and oxygen atoms in total. The molecule has 1 heterocycles. The molecule has 1 saturated heterocycles. The van der Waals surface area contributed by atoms with E-state index < -0.39 is 11.6 Å². The Morgan fingerprint density at radius 2 is 2.14 bits per heavy atom. The van der Waals surface area contributed by atoms with Gasteiger partial charge in [-0.2, -0.15) is 0 Å². The fourth-order valence-electron chi connectivity index (χ4n) is 1.40. The predicted octanol–water partition coefficient (Wildman–Crippen LogP) is 1.49. The second-order valence-corrected chi connectivity index (χ2v) is 2.98. The Hall–Kier alpha value is -1.65. The highest BCUT2D eigenvalue weighted by molar-refractivity contribution is 5.94. The average molecular weight is 198 g/mol. The Bertz CT molecular complexity index is 381. The molecule has 0 unspecified atom stereocenters. The van der Waals surface area contributed by atoms with Crippen LogP contribution in [0.2, 0.25) is 0 Å². The largest absolute Gasteiger partial charge is 0.336 e. The zero-order valence-corrected chi connectivity index (χ0v) is 7.26. The minimum absolute atomic E-state index is 0.112. The molecule has 1 N–H and O–H groups in total. The molecule has 1 aromatic carbocycles. The second kappa shape index (κ2) is 3.25. The average Bonchev–Trinajstić information content (AvgIpc) is 2.52. The van der Waals surface area contributed by atoms with Crippen LogP contribution in [0, 0.1) is 11.6 Å². The van der Waals surface area contributed by atoms with Crippen LogP contribution in [0.5, 0.6) is 0 Å². The molecule has 1 aromatic rings. The maximum Gasteiger partial charge on any atom is 0.322 e. The van der Waals surface area contributed by atoms with Gasteiger partial charge in [-0.15, -0.1) is 0 Å². The first-order valence-corrected chi connectivity index (χ1v) is 4.19. The summed E-state index contributed by atoms with van der Waals surface area (Å²) in [5.74, 6) is -1.37. The van der Waals surface area contributed by atoms with Gasteiger partial charge in [-0.25, -0.2) is 13.6 Å². The van der Waals surface area contributed by atoms with Gasteiger partial charge in [0.1, 0.15) is 11.6 Å². The van der Waals surface area contributed by atoms with E-state index in [1.54, 1.807) is 0 Å². The number of hydrogen-bond donors (Lipinski definition) is 1. The molecule has 14 heavy (non-hydrogen) atoms. The van der Waals surface area contributed by atoms with Crippen LogP contribution in [-0.4, -0.2) is 19.1 Å². The molecule has 74 valence electrons. The molecule has 0 bridgehead atoms. The number of carbonyl (C=O) groups excluding carboxylic acids is 1. The lowest BCUT2D eigenvalue weighted by Gasteiger charge is -2.14. The van der Waals surface area contributed by atoms with Gasteiger partial charge in [0.2, 0.25) is 0 Å². The number of carbonyl (C=O) groups is 1. The normalized spacial score (nSPS) is 15.9. The van der Waals surface area contributed by atoms with E-state index in [4.69, 9.17) is 0 Å². The third kappa shape index (κ3) is 1.41. The monoisotopic (exact) mass is 198 g/mol. The number of benzene rings is 1. The molecule has 2 amide bonds. The molecule has 0 aliphatic carbocycles. The lowest BCUT2D eigenvalue weighted by Crippen LogP contribution is -2.28. The number of hydrogen-bond acceptors (Lipinski definition) is 1. The van der Waals surface area contributed by atoms with Crippen LogP contribution in [0.1, 0.15) is 0 Å². The maximum absolute atomic E-state index is 13.2. The standard InChI is InChI=1S/C9H8F2N2O/c10-6-1-2-8(7(11)5-6)13-4-3-12-9(13)14/h1-2,5H,3-4H2,(H,12,14). The predicted molar refractivity (Wildman–Crippen MR) is 47.1 cm³/mol. The molecule has 1 aliphatic rings. The van der Waals surface area contributed by atoms with Crippen molar-refractivity contribution < 1.29 is 13.6 Å². The molecule has 0 radical (unpaired) electrons. The Morgan fingerprint density at radius 3 is 2.71 bits per heavy atom. The van der Waals surface area contributed by atoms with E-state index in [2.05, 4.69) is 5.32 Å². The Kier molecular flexibility index (Phi) is 2.07. The van der Waals surface area contributed by atoms with Crippen molar-refractivity contribution in [2.24, 2.45) is 0 Å². The van der Waals surface area contributed by atoms with Crippen LogP contribution in [0.25, 0.3) is 0 Å². The zero-order chi connectivity index (χ0) is 10.1. The first-order chi connectivity index (χ1) is 6.68. The molecular weight excluding hydrogens is 190 g/mol. The molecular formula is C9H8F2N2O. The number of nitrogens with zero attached hydrogens (tertiary/aromatic N) is 1. The van der Waals surface area contributed by atoms with Crippen molar-refractivity contribution >= 4 is 11.7 Å². The Labute approximate surface area is 79.3 Å². The number of anilines is 1. The summed E-state index contributed by atoms with van der Waals surface area (Å²) < 4.78 is 25.8. The summed E-state index contributed by atoms with van der Waals surface area (Å²) in [6, 6.07) is 2.80. The number of urea groups is 1. The van der Waals surface area contributed by atoms with Crippen molar-refractivity contribution in [1.82, 2.24) is 5.32 Å². The summed E-state index contributed by atoms with van der Waals surface area (Å²) in [6.07, 6.45) is 0. The summed E-state index contributed by atoms with van der Waals surface area (Å²) in [5, 5.41) is 2.54. The van der Waals surface area contributed by atoms with E-state index in [9.17, 15) is 13.6 Å². The lowest BCUT2D eigenvalue weighted by atomic mass is 10.3. The molecule has 2 rings (SSSR count). The van der Waals surface area contributed by atoms with Crippen LogP contribution < -0.4 is 10.2 Å². The van der Waals surface area contributed by atoms with Crippen molar-refractivity contribution in [3.8, 4) is 0 Å². The maximum atomic E-state index is 13.2. The Morgan fingerprint density at radius 1 is 1.36 bits per heavy atom. The van der Waals surface area contributed by atoms with Crippen LogP contribution in [-0.2, 0) is 0 Å². The quantitative estimate of drug-likeness (QED) is 0.728. The Balaban J connectivity index is 2.36. The summed E-state index contributed by atoms with van der Waals surface area (Å²) in [7, 11) is 0. The van der Waals surface area contributed by atoms with E-state index >= 15 is 0 Å². The fourth-order valence-corrected chi connectivity index (χ4v) is 1.40. The van der Waals surface area contributed by atoms with Crippen molar-refractivity contribution in [3.05, 3.63) is 29.8 Å². The van der Waals surface area contributed by atoms with Gasteiger partial charge in [0.05, 0.1) is 5.69 Å². The molecule has 0 atom stereocenters. The van der Waals surface area contributed by atoms with E-state index in [1.807, 2.05) is 0 Å². The van der Waals surface area contributed by atoms with Crippen LogP contribution in [0.15, 0.2) is 18.2 Å². The summed E-state index contributed by atoms with van der Waals surface area (Å²) in [6.45, 7) is 0.886. The van der Waals surface area contributed by atoms with Crippen LogP contribution in [0.3, 0.4) is 0 Å². The third-order valence-corrected chi connectivity index (χ3v) is 2.06. The smallest absolute Gasteiger partial charge is 0.322 e. The molecule has 0 saturated carbocycles. The number of amides is 2. The van der Waals surface area contributed by atoms with Gasteiger partial charge in [-0.1, -0.05) is 0 Å². The topological polar surface area (TPSA) is 32.3 Å². The molecule has 0 aromatic heterocycles. The van der Waals surface area contributed by atoms with Crippen LogP contribution in [0.4, 0.5) is 19.3 Å². The summed E-state index contributed by atoms with van der Waals surface area (Å²) in [5.41, 5.74) is 0.112. The van der Waals surface area contributed by atoms with Crippen molar-refractivity contribution in [2.45, 2.75) is 0 Å². The highest BCUT2D eigenvalue weighted by Crippen LogP contribution is 2.21. The fraction of sp³-hybridized carbons (Fsp3) is 0.222. The molecule has 1 fully saturated rings. The highest BCUT2D eigenvalue weighted by atomic mass is 19.1. The first-order valence-electron chi connectivity index (χ1n) is 4.19. The SMILES string of the molecule is O=C1NCCN1c1ccc(F)cc1F. The van der Waals surface area contributed by atoms with Gasteiger partial charge >= 0.3 is 6.03 Å².